The molecule has 0 aliphatic rings. The van der Waals surface area contributed by atoms with Crippen molar-refractivity contribution >= 4 is 17.6 Å². The molecule has 0 bridgehead atoms. The Morgan fingerprint density at radius 2 is 1.70 bits per heavy atom. The van der Waals surface area contributed by atoms with Gasteiger partial charge in [0.25, 0.3) is 5.91 Å². The third kappa shape index (κ3) is 7.63. The van der Waals surface area contributed by atoms with Gasteiger partial charge in [-0.3, -0.25) is 14.4 Å². The number of aliphatic hydroxyl groups is 1. The Labute approximate surface area is 232 Å². The second-order valence-electron chi connectivity index (χ2n) is 10.3. The molecule has 10 heteroatoms. The summed E-state index contributed by atoms with van der Waals surface area (Å²) in [5.74, 6) is -1.00. The van der Waals surface area contributed by atoms with Gasteiger partial charge in [-0.1, -0.05) is 0 Å². The average Bonchev–Trinajstić information content (AvgIpc) is 2.90. The number of primary amides is 1. The second-order valence-corrected chi connectivity index (χ2v) is 10.3. The van der Waals surface area contributed by atoms with Crippen LogP contribution in [0.3, 0.4) is 0 Å². The fourth-order valence-corrected chi connectivity index (χ4v) is 4.19. The maximum atomic E-state index is 13.6. The van der Waals surface area contributed by atoms with Gasteiger partial charge in [0, 0.05) is 24.5 Å². The van der Waals surface area contributed by atoms with Crippen molar-refractivity contribution in [2.45, 2.75) is 51.7 Å². The number of amides is 2. The van der Waals surface area contributed by atoms with Gasteiger partial charge in [0.2, 0.25) is 5.91 Å². The van der Waals surface area contributed by atoms with Gasteiger partial charge in [-0.15, -0.1) is 0 Å². The van der Waals surface area contributed by atoms with Crippen molar-refractivity contribution in [3.8, 4) is 22.8 Å². The van der Waals surface area contributed by atoms with Gasteiger partial charge in [-0.05, 0) is 87.4 Å². The lowest BCUT2D eigenvalue weighted by Crippen LogP contribution is -2.40. The van der Waals surface area contributed by atoms with Gasteiger partial charge < -0.3 is 25.6 Å². The molecule has 0 saturated heterocycles. The molecule has 3 aromatic rings. The van der Waals surface area contributed by atoms with Crippen LogP contribution in [0, 0.1) is 5.82 Å². The molecular weight excluding hydrogens is 517 g/mol. The van der Waals surface area contributed by atoms with Crippen molar-refractivity contribution in [2.75, 3.05) is 13.7 Å². The van der Waals surface area contributed by atoms with Gasteiger partial charge in [0.05, 0.1) is 24.0 Å². The SMILES string of the molecule is COc1cc(C(=O)CCC(C)(O)c2cc(C(C)(C)NC(C)=O)cc(-c3ccc(F)cc3)n2)ccc1OCC(N)=O. The Hall–Kier alpha value is -4.31. The molecule has 0 fully saturated rings. The maximum absolute atomic E-state index is 13.6. The Kier molecular flexibility index (Phi) is 9.26. The molecule has 1 unspecified atom stereocenters. The number of benzene rings is 2. The highest BCUT2D eigenvalue weighted by Gasteiger charge is 2.30. The topological polar surface area (TPSA) is 141 Å². The lowest BCUT2D eigenvalue weighted by molar-refractivity contribution is -0.121. The van der Waals surface area contributed by atoms with E-state index >= 15 is 0 Å². The van der Waals surface area contributed by atoms with Crippen LogP contribution in [0.15, 0.2) is 54.6 Å². The van der Waals surface area contributed by atoms with Crippen molar-refractivity contribution < 1.29 is 33.4 Å². The summed E-state index contributed by atoms with van der Waals surface area (Å²) in [4.78, 5) is 40.6. The molecule has 9 nitrogen and oxygen atoms in total. The van der Waals surface area contributed by atoms with E-state index < -0.39 is 22.9 Å². The molecule has 40 heavy (non-hydrogen) atoms. The number of pyridine rings is 1. The fraction of sp³-hybridized carbons (Fsp3) is 0.333. The molecule has 0 radical (unpaired) electrons. The minimum atomic E-state index is -1.53. The summed E-state index contributed by atoms with van der Waals surface area (Å²) >= 11 is 0. The van der Waals surface area contributed by atoms with E-state index in [4.69, 9.17) is 15.2 Å². The number of carbonyl (C=O) groups is 3. The number of nitrogens with two attached hydrogens (primary N) is 1. The van der Waals surface area contributed by atoms with E-state index in [-0.39, 0.29) is 42.6 Å². The maximum Gasteiger partial charge on any atom is 0.255 e. The van der Waals surface area contributed by atoms with Crippen LogP contribution >= 0.6 is 0 Å². The predicted octanol–water partition coefficient (Wildman–Crippen LogP) is 4.00. The number of ether oxygens (including phenoxy) is 2. The Morgan fingerprint density at radius 1 is 1.02 bits per heavy atom. The molecule has 0 saturated carbocycles. The first-order valence-corrected chi connectivity index (χ1v) is 12.6. The Morgan fingerprint density at radius 3 is 2.30 bits per heavy atom. The predicted molar refractivity (Wildman–Crippen MR) is 147 cm³/mol. The van der Waals surface area contributed by atoms with Crippen LogP contribution in [0.4, 0.5) is 4.39 Å². The summed E-state index contributed by atoms with van der Waals surface area (Å²) in [6.45, 7) is 6.29. The van der Waals surface area contributed by atoms with Crippen LogP contribution in [-0.2, 0) is 20.7 Å². The van der Waals surface area contributed by atoms with Crippen LogP contribution in [-0.4, -0.2) is 41.4 Å². The molecule has 0 aliphatic carbocycles. The first kappa shape index (κ1) is 30.2. The van der Waals surface area contributed by atoms with E-state index in [0.717, 1.165) is 0 Å². The van der Waals surface area contributed by atoms with Crippen molar-refractivity contribution in [1.29, 1.82) is 0 Å². The number of hydrogen-bond donors (Lipinski definition) is 3. The van der Waals surface area contributed by atoms with Crippen LogP contribution in [0.5, 0.6) is 11.5 Å². The van der Waals surface area contributed by atoms with E-state index in [9.17, 15) is 23.9 Å². The molecule has 1 atom stereocenters. The summed E-state index contributed by atoms with van der Waals surface area (Å²) < 4.78 is 24.1. The molecule has 0 aliphatic heterocycles. The summed E-state index contributed by atoms with van der Waals surface area (Å²) in [7, 11) is 1.41. The number of rotatable bonds is 12. The fourth-order valence-electron chi connectivity index (χ4n) is 4.19. The summed E-state index contributed by atoms with van der Waals surface area (Å²) in [5.41, 5.74) is 5.20. The standard InChI is InChI=1S/C30H34FN3O6/c1-18(35)34-29(2,3)21-15-23(19-6-9-22(31)10-7-19)33-27(16-21)30(4,38)13-12-24(36)20-8-11-25(26(14-20)39-5)40-17-28(32)37/h6-11,14-16,38H,12-13,17H2,1-5H3,(H2,32,37)(H,34,35). The van der Waals surface area contributed by atoms with E-state index in [1.165, 1.54) is 44.4 Å². The quantitative estimate of drug-likeness (QED) is 0.289. The summed E-state index contributed by atoms with van der Waals surface area (Å²) in [6, 6.07) is 13.8. The minimum Gasteiger partial charge on any atom is -0.493 e. The smallest absolute Gasteiger partial charge is 0.255 e. The van der Waals surface area contributed by atoms with E-state index in [1.807, 2.05) is 13.8 Å². The molecule has 1 heterocycles. The van der Waals surface area contributed by atoms with E-state index in [2.05, 4.69) is 10.3 Å². The number of methoxy groups -OCH3 is 1. The third-order valence-corrected chi connectivity index (χ3v) is 6.42. The molecule has 2 amide bonds. The first-order valence-electron chi connectivity index (χ1n) is 12.6. The molecule has 1 aromatic heterocycles. The molecule has 3 rings (SSSR count). The van der Waals surface area contributed by atoms with Crippen LogP contribution in [0.2, 0.25) is 0 Å². The zero-order valence-corrected chi connectivity index (χ0v) is 23.2. The van der Waals surface area contributed by atoms with Gasteiger partial charge in [0.1, 0.15) is 11.4 Å². The highest BCUT2D eigenvalue weighted by Crippen LogP contribution is 2.33. The minimum absolute atomic E-state index is 0.0233. The monoisotopic (exact) mass is 551 g/mol. The number of carbonyl (C=O) groups excluding carboxylic acids is 3. The first-order chi connectivity index (χ1) is 18.7. The highest BCUT2D eigenvalue weighted by molar-refractivity contribution is 5.96. The molecule has 212 valence electrons. The number of ketones is 1. The van der Waals surface area contributed by atoms with Crippen LogP contribution < -0.4 is 20.5 Å². The lowest BCUT2D eigenvalue weighted by Gasteiger charge is -2.30. The van der Waals surface area contributed by atoms with Crippen molar-refractivity contribution in [2.24, 2.45) is 5.73 Å². The van der Waals surface area contributed by atoms with Crippen molar-refractivity contribution in [3.05, 3.63) is 77.2 Å². The Balaban J connectivity index is 1.90. The number of aromatic nitrogens is 1. The summed E-state index contributed by atoms with van der Waals surface area (Å²) in [6.07, 6.45) is 0.0124. The van der Waals surface area contributed by atoms with Crippen LogP contribution in [0.25, 0.3) is 11.3 Å². The summed E-state index contributed by atoms with van der Waals surface area (Å²) in [5, 5.41) is 14.4. The third-order valence-electron chi connectivity index (χ3n) is 6.42. The number of Topliss-reactive ketones (excluding diaryl/α,β-unsaturated/α-hetero) is 1. The van der Waals surface area contributed by atoms with Gasteiger partial charge in [0.15, 0.2) is 23.9 Å². The average molecular weight is 552 g/mol. The van der Waals surface area contributed by atoms with E-state index in [0.29, 0.717) is 28.1 Å². The Bertz CT molecular complexity index is 1400. The second kappa shape index (κ2) is 12.3. The number of nitrogens with one attached hydrogen (secondary N) is 1. The normalized spacial score (nSPS) is 12.8. The highest BCUT2D eigenvalue weighted by atomic mass is 19.1. The molecule has 0 spiro atoms. The van der Waals surface area contributed by atoms with Gasteiger partial charge in [-0.25, -0.2) is 9.37 Å². The zero-order valence-electron chi connectivity index (χ0n) is 23.2. The van der Waals surface area contributed by atoms with Crippen LogP contribution in [0.1, 0.15) is 62.2 Å². The molecule has 4 N–H and O–H groups in total. The van der Waals surface area contributed by atoms with Gasteiger partial charge in [-0.2, -0.15) is 0 Å². The zero-order chi connectivity index (χ0) is 29.7. The van der Waals surface area contributed by atoms with Gasteiger partial charge >= 0.3 is 0 Å². The van der Waals surface area contributed by atoms with Crippen molar-refractivity contribution in [3.63, 3.8) is 0 Å². The number of nitrogens with zero attached hydrogens (tertiary/aromatic N) is 1. The number of hydrogen-bond acceptors (Lipinski definition) is 7. The van der Waals surface area contributed by atoms with Crippen molar-refractivity contribution in [1.82, 2.24) is 10.3 Å². The molecule has 2 aromatic carbocycles. The number of halogens is 1. The lowest BCUT2D eigenvalue weighted by atomic mass is 9.87. The molecular formula is C30H34FN3O6. The van der Waals surface area contributed by atoms with E-state index in [1.54, 1.807) is 31.2 Å². The largest absolute Gasteiger partial charge is 0.493 e.